The van der Waals surface area contributed by atoms with E-state index >= 15 is 0 Å². The molecule has 0 bridgehead atoms. The van der Waals surface area contributed by atoms with Gasteiger partial charge in [0.2, 0.25) is 5.89 Å². The fourth-order valence-corrected chi connectivity index (χ4v) is 2.38. The standard InChI is InChI=1S/C9H13N5OS/c1-5-7(4-10)8(14(3)13-5)16-9-12-11-6(2)15-9/h4,10H2,1-3H3. The third-order valence-electron chi connectivity index (χ3n) is 2.18. The molecule has 2 N–H and O–H groups in total. The first-order chi connectivity index (χ1) is 7.61. The minimum Gasteiger partial charge on any atom is -0.416 e. The molecule has 0 radical (unpaired) electrons. The van der Waals surface area contributed by atoms with Crippen molar-refractivity contribution in [2.24, 2.45) is 12.8 Å². The fraction of sp³-hybridized carbons (Fsp3) is 0.444. The summed E-state index contributed by atoms with van der Waals surface area (Å²) in [4.78, 5) is 0. The van der Waals surface area contributed by atoms with E-state index in [1.165, 1.54) is 11.8 Å². The molecule has 0 saturated heterocycles. The Hall–Kier alpha value is -1.34. The summed E-state index contributed by atoms with van der Waals surface area (Å²) in [5.41, 5.74) is 7.64. The number of aromatic nitrogens is 4. The van der Waals surface area contributed by atoms with Crippen molar-refractivity contribution in [1.82, 2.24) is 20.0 Å². The molecule has 86 valence electrons. The zero-order chi connectivity index (χ0) is 11.7. The van der Waals surface area contributed by atoms with Gasteiger partial charge in [-0.1, -0.05) is 0 Å². The van der Waals surface area contributed by atoms with Crippen LogP contribution in [0.4, 0.5) is 0 Å². The molecule has 0 amide bonds. The largest absolute Gasteiger partial charge is 0.416 e. The molecule has 0 aliphatic heterocycles. The molecule has 2 aromatic heterocycles. The molecule has 7 heteroatoms. The lowest BCUT2D eigenvalue weighted by Gasteiger charge is -2.00. The second-order valence-corrected chi connectivity index (χ2v) is 4.33. The summed E-state index contributed by atoms with van der Waals surface area (Å²) in [5, 5.41) is 13.5. The summed E-state index contributed by atoms with van der Waals surface area (Å²) in [5.74, 6) is 0.552. The van der Waals surface area contributed by atoms with E-state index in [9.17, 15) is 0 Å². The SMILES string of the molecule is Cc1nnc(Sc2c(CN)c(C)nn2C)o1. The molecule has 0 spiro atoms. The molecule has 0 unspecified atom stereocenters. The molecule has 0 saturated carbocycles. The van der Waals surface area contributed by atoms with Gasteiger partial charge in [-0.15, -0.1) is 10.2 Å². The van der Waals surface area contributed by atoms with E-state index in [1.54, 1.807) is 11.6 Å². The molecular weight excluding hydrogens is 226 g/mol. The number of nitrogens with zero attached hydrogens (tertiary/aromatic N) is 4. The molecule has 0 fully saturated rings. The van der Waals surface area contributed by atoms with E-state index in [2.05, 4.69) is 15.3 Å². The third kappa shape index (κ3) is 1.96. The average Bonchev–Trinajstić information content (AvgIpc) is 2.73. The van der Waals surface area contributed by atoms with Crippen LogP contribution in [0.5, 0.6) is 0 Å². The molecule has 2 aromatic rings. The highest BCUT2D eigenvalue weighted by Gasteiger charge is 2.15. The molecule has 2 rings (SSSR count). The first-order valence-corrected chi connectivity index (χ1v) is 5.64. The second-order valence-electron chi connectivity index (χ2n) is 3.39. The third-order valence-corrected chi connectivity index (χ3v) is 3.23. The van der Waals surface area contributed by atoms with Crippen molar-refractivity contribution in [3.63, 3.8) is 0 Å². The Bertz CT molecular complexity index is 504. The summed E-state index contributed by atoms with van der Waals surface area (Å²) in [6, 6.07) is 0. The van der Waals surface area contributed by atoms with Crippen molar-refractivity contribution in [2.45, 2.75) is 30.6 Å². The molecule has 0 aromatic carbocycles. The predicted octanol–water partition coefficient (Wildman–Crippen LogP) is 1.03. The van der Waals surface area contributed by atoms with Crippen LogP contribution >= 0.6 is 11.8 Å². The lowest BCUT2D eigenvalue weighted by Crippen LogP contribution is -1.99. The maximum Gasteiger partial charge on any atom is 0.282 e. The number of hydrogen-bond donors (Lipinski definition) is 1. The van der Waals surface area contributed by atoms with E-state index in [4.69, 9.17) is 10.2 Å². The van der Waals surface area contributed by atoms with Crippen LogP contribution in [0.2, 0.25) is 0 Å². The van der Waals surface area contributed by atoms with Gasteiger partial charge in [0.1, 0.15) is 5.03 Å². The molecule has 0 aliphatic rings. The average molecular weight is 239 g/mol. The Balaban J connectivity index is 2.33. The van der Waals surface area contributed by atoms with E-state index in [-0.39, 0.29) is 0 Å². The maximum absolute atomic E-state index is 5.69. The highest BCUT2D eigenvalue weighted by atomic mass is 32.2. The Morgan fingerprint density at radius 1 is 1.38 bits per heavy atom. The molecule has 0 aliphatic carbocycles. The monoisotopic (exact) mass is 239 g/mol. The van der Waals surface area contributed by atoms with Gasteiger partial charge in [0.05, 0.1) is 5.69 Å². The van der Waals surface area contributed by atoms with Gasteiger partial charge in [-0.3, -0.25) is 4.68 Å². The highest BCUT2D eigenvalue weighted by Crippen LogP contribution is 2.30. The van der Waals surface area contributed by atoms with Gasteiger partial charge in [-0.05, 0) is 18.7 Å². The summed E-state index contributed by atoms with van der Waals surface area (Å²) in [7, 11) is 1.87. The van der Waals surface area contributed by atoms with E-state index in [0.717, 1.165) is 16.3 Å². The lowest BCUT2D eigenvalue weighted by molar-refractivity contribution is 0.428. The van der Waals surface area contributed by atoms with Crippen LogP contribution in [0.25, 0.3) is 0 Å². The Morgan fingerprint density at radius 3 is 2.69 bits per heavy atom. The minimum absolute atomic E-state index is 0.453. The van der Waals surface area contributed by atoms with Crippen LogP contribution < -0.4 is 5.73 Å². The Kier molecular flexibility index (Phi) is 2.97. The quantitative estimate of drug-likeness (QED) is 0.861. The minimum atomic E-state index is 0.453. The predicted molar refractivity (Wildman–Crippen MR) is 59.0 cm³/mol. The zero-order valence-electron chi connectivity index (χ0n) is 9.39. The molecule has 0 atom stereocenters. The van der Waals surface area contributed by atoms with Gasteiger partial charge in [0.15, 0.2) is 0 Å². The van der Waals surface area contributed by atoms with Gasteiger partial charge in [-0.2, -0.15) is 5.10 Å². The van der Waals surface area contributed by atoms with Gasteiger partial charge < -0.3 is 10.2 Å². The highest BCUT2D eigenvalue weighted by molar-refractivity contribution is 7.99. The second kappa shape index (κ2) is 4.26. The zero-order valence-corrected chi connectivity index (χ0v) is 10.2. The summed E-state index contributed by atoms with van der Waals surface area (Å²) < 4.78 is 7.09. The van der Waals surface area contributed by atoms with Crippen molar-refractivity contribution in [3.8, 4) is 0 Å². The molecule has 16 heavy (non-hydrogen) atoms. The lowest BCUT2D eigenvalue weighted by atomic mass is 10.3. The molecule has 2 heterocycles. The number of nitrogens with two attached hydrogens (primary N) is 1. The maximum atomic E-state index is 5.69. The topological polar surface area (TPSA) is 82.8 Å². The van der Waals surface area contributed by atoms with Crippen molar-refractivity contribution in [2.75, 3.05) is 0 Å². The van der Waals surface area contributed by atoms with Crippen LogP contribution in [-0.4, -0.2) is 20.0 Å². The van der Waals surface area contributed by atoms with Crippen molar-refractivity contribution in [1.29, 1.82) is 0 Å². The van der Waals surface area contributed by atoms with Crippen LogP contribution in [0.3, 0.4) is 0 Å². The van der Waals surface area contributed by atoms with Crippen LogP contribution in [0.15, 0.2) is 14.7 Å². The Labute approximate surface area is 97.2 Å². The number of hydrogen-bond acceptors (Lipinski definition) is 6. The van der Waals surface area contributed by atoms with Gasteiger partial charge >= 0.3 is 0 Å². The number of aryl methyl sites for hydroxylation is 3. The first-order valence-electron chi connectivity index (χ1n) is 4.82. The van der Waals surface area contributed by atoms with Crippen LogP contribution in [-0.2, 0) is 13.6 Å². The summed E-state index contributed by atoms with van der Waals surface area (Å²) in [6.07, 6.45) is 0. The van der Waals surface area contributed by atoms with E-state index in [1.807, 2.05) is 14.0 Å². The van der Waals surface area contributed by atoms with Gasteiger partial charge in [-0.25, -0.2) is 0 Å². The molecule has 6 nitrogen and oxygen atoms in total. The normalized spacial score (nSPS) is 11.0. The van der Waals surface area contributed by atoms with Crippen LogP contribution in [0, 0.1) is 13.8 Å². The van der Waals surface area contributed by atoms with E-state index < -0.39 is 0 Å². The number of rotatable bonds is 3. The Morgan fingerprint density at radius 2 is 2.12 bits per heavy atom. The first kappa shape index (κ1) is 11.2. The fourth-order valence-electron chi connectivity index (χ4n) is 1.45. The van der Waals surface area contributed by atoms with Crippen molar-refractivity contribution >= 4 is 11.8 Å². The summed E-state index contributed by atoms with van der Waals surface area (Å²) in [6.45, 7) is 4.15. The smallest absolute Gasteiger partial charge is 0.282 e. The van der Waals surface area contributed by atoms with E-state index in [0.29, 0.717) is 17.7 Å². The van der Waals surface area contributed by atoms with Crippen molar-refractivity contribution in [3.05, 3.63) is 17.1 Å². The van der Waals surface area contributed by atoms with Gasteiger partial charge in [0, 0.05) is 26.1 Å². The van der Waals surface area contributed by atoms with Crippen LogP contribution in [0.1, 0.15) is 17.1 Å². The molecular formula is C9H13N5OS. The summed E-state index contributed by atoms with van der Waals surface area (Å²) >= 11 is 1.39. The van der Waals surface area contributed by atoms with Gasteiger partial charge in [0.25, 0.3) is 5.22 Å². The van der Waals surface area contributed by atoms with Crippen molar-refractivity contribution < 1.29 is 4.42 Å².